The Labute approximate surface area is 145 Å². The molecule has 0 radical (unpaired) electrons. The number of rotatable bonds is 6. The molecule has 1 aromatic carbocycles. The van der Waals surface area contributed by atoms with E-state index in [9.17, 15) is 18.0 Å². The van der Waals surface area contributed by atoms with Gasteiger partial charge in [0.25, 0.3) is 0 Å². The third-order valence-electron chi connectivity index (χ3n) is 3.79. The molecule has 1 amide bonds. The van der Waals surface area contributed by atoms with Gasteiger partial charge in [0.1, 0.15) is 5.75 Å². The molecule has 24 heavy (non-hydrogen) atoms. The van der Waals surface area contributed by atoms with Gasteiger partial charge in [0, 0.05) is 6.42 Å². The minimum absolute atomic E-state index is 0. The Balaban J connectivity index is 0.00000288. The minimum atomic E-state index is -4.41. The number of para-hydroxylation sites is 2. The quantitative estimate of drug-likeness (QED) is 0.805. The Kier molecular flexibility index (Phi) is 8.35. The van der Waals surface area contributed by atoms with Crippen LogP contribution in [-0.4, -0.2) is 31.8 Å². The zero-order valence-corrected chi connectivity index (χ0v) is 14.0. The van der Waals surface area contributed by atoms with Gasteiger partial charge in [0.05, 0.1) is 5.69 Å². The summed E-state index contributed by atoms with van der Waals surface area (Å²) in [5, 5.41) is 5.91. The highest BCUT2D eigenvalue weighted by Gasteiger charge is 2.28. The Bertz CT molecular complexity index is 520. The second-order valence-electron chi connectivity index (χ2n) is 5.68. The van der Waals surface area contributed by atoms with Gasteiger partial charge >= 0.3 is 6.18 Å². The smallest absolute Gasteiger partial charge is 0.422 e. The average Bonchev–Trinajstić information content (AvgIpc) is 2.52. The molecular weight excluding hydrogens is 345 g/mol. The fourth-order valence-electron chi connectivity index (χ4n) is 2.57. The molecule has 0 aliphatic carbocycles. The maximum absolute atomic E-state index is 12.2. The number of hydrogen-bond donors (Lipinski definition) is 2. The number of nitrogens with one attached hydrogen (secondary N) is 2. The number of ether oxygens (including phenoxy) is 1. The van der Waals surface area contributed by atoms with Crippen molar-refractivity contribution in [3.05, 3.63) is 24.3 Å². The molecule has 0 atom stereocenters. The fourth-order valence-corrected chi connectivity index (χ4v) is 2.57. The van der Waals surface area contributed by atoms with Crippen molar-refractivity contribution in [3.8, 4) is 5.75 Å². The second-order valence-corrected chi connectivity index (χ2v) is 5.68. The van der Waals surface area contributed by atoms with Crippen LogP contribution in [-0.2, 0) is 4.79 Å². The molecule has 2 N–H and O–H groups in total. The summed E-state index contributed by atoms with van der Waals surface area (Å²) < 4.78 is 41.5. The standard InChI is InChI=1S/C16H21F3N2O2.ClH/c17-16(18,19)11-23-14-4-2-1-3-13(14)21-15(22)6-5-12-7-9-20-10-8-12;/h1-4,12,20H,5-11H2,(H,21,22);1H. The molecule has 1 aromatic rings. The van der Waals surface area contributed by atoms with Gasteiger partial charge in [-0.3, -0.25) is 4.79 Å². The van der Waals surface area contributed by atoms with Crippen LogP contribution in [0.25, 0.3) is 0 Å². The SMILES string of the molecule is Cl.O=C(CCC1CCNCC1)Nc1ccccc1OCC(F)(F)F. The van der Waals surface area contributed by atoms with E-state index in [1.54, 1.807) is 12.1 Å². The zero-order valence-electron chi connectivity index (χ0n) is 13.2. The van der Waals surface area contributed by atoms with Crippen LogP contribution in [0.5, 0.6) is 5.75 Å². The van der Waals surface area contributed by atoms with Crippen molar-refractivity contribution < 1.29 is 22.7 Å². The van der Waals surface area contributed by atoms with Crippen LogP contribution in [0.4, 0.5) is 18.9 Å². The highest BCUT2D eigenvalue weighted by Crippen LogP contribution is 2.27. The number of piperidine rings is 1. The molecule has 1 aliphatic rings. The summed E-state index contributed by atoms with van der Waals surface area (Å²) in [5.74, 6) is 0.352. The molecule has 0 aromatic heterocycles. The summed E-state index contributed by atoms with van der Waals surface area (Å²) in [6, 6.07) is 6.15. The summed E-state index contributed by atoms with van der Waals surface area (Å²) in [6.45, 7) is 0.565. The molecule has 0 bridgehead atoms. The average molecular weight is 367 g/mol. The molecule has 1 heterocycles. The van der Waals surface area contributed by atoms with E-state index in [1.807, 2.05) is 0 Å². The lowest BCUT2D eigenvalue weighted by Crippen LogP contribution is -2.28. The number of alkyl halides is 3. The van der Waals surface area contributed by atoms with Gasteiger partial charge < -0.3 is 15.4 Å². The first kappa shape index (κ1) is 20.6. The Morgan fingerprint density at radius 3 is 2.58 bits per heavy atom. The van der Waals surface area contributed by atoms with E-state index in [0.717, 1.165) is 32.4 Å². The topological polar surface area (TPSA) is 50.4 Å². The van der Waals surface area contributed by atoms with E-state index in [4.69, 9.17) is 4.74 Å². The van der Waals surface area contributed by atoms with Crippen LogP contribution >= 0.6 is 12.4 Å². The third kappa shape index (κ3) is 7.40. The lowest BCUT2D eigenvalue weighted by atomic mass is 9.93. The molecule has 1 fully saturated rings. The van der Waals surface area contributed by atoms with E-state index < -0.39 is 12.8 Å². The highest BCUT2D eigenvalue weighted by atomic mass is 35.5. The number of carbonyl (C=O) groups excluding carboxylic acids is 1. The van der Waals surface area contributed by atoms with Gasteiger partial charge in [0.15, 0.2) is 6.61 Å². The maximum atomic E-state index is 12.2. The van der Waals surface area contributed by atoms with Gasteiger partial charge in [0.2, 0.25) is 5.91 Å². The Morgan fingerprint density at radius 2 is 1.92 bits per heavy atom. The van der Waals surface area contributed by atoms with E-state index in [-0.39, 0.29) is 29.8 Å². The Hall–Kier alpha value is -1.47. The first-order valence-electron chi connectivity index (χ1n) is 7.73. The summed E-state index contributed by atoms with van der Waals surface area (Å²) in [4.78, 5) is 12.0. The summed E-state index contributed by atoms with van der Waals surface area (Å²) >= 11 is 0. The second kappa shape index (κ2) is 9.74. The maximum Gasteiger partial charge on any atom is 0.422 e. The van der Waals surface area contributed by atoms with Crippen molar-refractivity contribution >= 4 is 24.0 Å². The minimum Gasteiger partial charge on any atom is -0.482 e. The number of benzene rings is 1. The van der Waals surface area contributed by atoms with Crippen molar-refractivity contribution in [2.75, 3.05) is 25.0 Å². The van der Waals surface area contributed by atoms with Crippen molar-refractivity contribution in [3.63, 3.8) is 0 Å². The van der Waals surface area contributed by atoms with Crippen LogP contribution in [0.2, 0.25) is 0 Å². The zero-order chi connectivity index (χ0) is 16.7. The van der Waals surface area contributed by atoms with Crippen LogP contribution in [0.15, 0.2) is 24.3 Å². The van der Waals surface area contributed by atoms with Gasteiger partial charge in [-0.2, -0.15) is 13.2 Å². The summed E-state index contributed by atoms with van der Waals surface area (Å²) in [7, 11) is 0. The first-order chi connectivity index (χ1) is 10.9. The van der Waals surface area contributed by atoms with Crippen LogP contribution in [0, 0.1) is 5.92 Å². The van der Waals surface area contributed by atoms with Crippen molar-refractivity contribution in [1.29, 1.82) is 0 Å². The van der Waals surface area contributed by atoms with Crippen molar-refractivity contribution in [2.45, 2.75) is 31.9 Å². The molecule has 0 unspecified atom stereocenters. The van der Waals surface area contributed by atoms with Crippen molar-refractivity contribution in [2.24, 2.45) is 5.92 Å². The number of halogens is 4. The third-order valence-corrected chi connectivity index (χ3v) is 3.79. The van der Waals surface area contributed by atoms with Gasteiger partial charge in [-0.05, 0) is 50.4 Å². The highest BCUT2D eigenvalue weighted by molar-refractivity contribution is 5.92. The number of anilines is 1. The van der Waals surface area contributed by atoms with Gasteiger partial charge in [-0.1, -0.05) is 12.1 Å². The lowest BCUT2D eigenvalue weighted by Gasteiger charge is -2.22. The summed E-state index contributed by atoms with van der Waals surface area (Å²) in [5.41, 5.74) is 0.270. The molecule has 2 rings (SSSR count). The van der Waals surface area contributed by atoms with Crippen molar-refractivity contribution in [1.82, 2.24) is 5.32 Å². The van der Waals surface area contributed by atoms with Crippen LogP contribution in [0.1, 0.15) is 25.7 Å². The number of carbonyl (C=O) groups is 1. The predicted molar refractivity (Wildman–Crippen MR) is 88.7 cm³/mol. The van der Waals surface area contributed by atoms with Crippen LogP contribution in [0.3, 0.4) is 0 Å². The van der Waals surface area contributed by atoms with E-state index in [0.29, 0.717) is 12.3 Å². The Morgan fingerprint density at radius 1 is 1.25 bits per heavy atom. The molecular formula is C16H22ClF3N2O2. The van der Waals surface area contributed by atoms with Gasteiger partial charge in [-0.15, -0.1) is 12.4 Å². The van der Waals surface area contributed by atoms with E-state index >= 15 is 0 Å². The monoisotopic (exact) mass is 366 g/mol. The van der Waals surface area contributed by atoms with E-state index in [1.165, 1.54) is 12.1 Å². The molecule has 136 valence electrons. The summed E-state index contributed by atoms with van der Waals surface area (Å²) in [6.07, 6.45) is -1.15. The lowest BCUT2D eigenvalue weighted by molar-refractivity contribution is -0.153. The molecule has 8 heteroatoms. The largest absolute Gasteiger partial charge is 0.482 e. The molecule has 1 aliphatic heterocycles. The van der Waals surface area contributed by atoms with Crippen LogP contribution < -0.4 is 15.4 Å². The molecule has 0 saturated carbocycles. The normalized spacial score (nSPS) is 15.5. The number of amides is 1. The number of hydrogen-bond acceptors (Lipinski definition) is 3. The fraction of sp³-hybridized carbons (Fsp3) is 0.562. The molecule has 0 spiro atoms. The molecule has 4 nitrogen and oxygen atoms in total. The van der Waals surface area contributed by atoms with Gasteiger partial charge in [-0.25, -0.2) is 0 Å². The molecule has 1 saturated heterocycles. The first-order valence-corrected chi connectivity index (χ1v) is 7.73. The predicted octanol–water partition coefficient (Wildman–Crippen LogP) is 3.77. The van der Waals surface area contributed by atoms with E-state index in [2.05, 4.69) is 10.6 Å².